The lowest BCUT2D eigenvalue weighted by Crippen LogP contribution is -1.96. The van der Waals surface area contributed by atoms with E-state index in [0.29, 0.717) is 10.6 Å². The molecule has 2 aromatic carbocycles. The summed E-state index contributed by atoms with van der Waals surface area (Å²) >= 11 is 21.2. The van der Waals surface area contributed by atoms with Gasteiger partial charge in [0.05, 0.1) is 15.1 Å². The summed E-state index contributed by atoms with van der Waals surface area (Å²) in [5.74, 6) is -0.232. The topological polar surface area (TPSA) is 17.1 Å². The van der Waals surface area contributed by atoms with Crippen LogP contribution in [0.2, 0.25) is 15.1 Å². The molecule has 0 fully saturated rings. The monoisotopic (exact) mass is 388 g/mol. The summed E-state index contributed by atoms with van der Waals surface area (Å²) in [6, 6.07) is 10.7. The zero-order chi connectivity index (χ0) is 14.7. The molecular weight excluding hydrogens is 382 g/mol. The van der Waals surface area contributed by atoms with Crippen LogP contribution in [-0.4, -0.2) is 5.78 Å². The lowest BCUT2D eigenvalue weighted by molar-refractivity contribution is 0.104. The maximum atomic E-state index is 12.1. The van der Waals surface area contributed by atoms with Crippen molar-refractivity contribution in [1.29, 1.82) is 0 Å². The highest BCUT2D eigenvalue weighted by Gasteiger charge is 2.13. The van der Waals surface area contributed by atoms with Gasteiger partial charge in [0.25, 0.3) is 0 Å². The van der Waals surface area contributed by atoms with Crippen LogP contribution in [0.1, 0.15) is 15.9 Å². The van der Waals surface area contributed by atoms with Gasteiger partial charge >= 0.3 is 0 Å². The number of carbonyl (C=O) groups excluding carboxylic acids is 1. The second-order valence-corrected chi connectivity index (χ2v) is 5.96. The number of halogens is 4. The van der Waals surface area contributed by atoms with Crippen LogP contribution in [0.25, 0.3) is 6.08 Å². The van der Waals surface area contributed by atoms with Gasteiger partial charge in [0, 0.05) is 10.0 Å². The molecule has 0 spiro atoms. The quantitative estimate of drug-likeness (QED) is 0.341. The van der Waals surface area contributed by atoms with E-state index < -0.39 is 0 Å². The van der Waals surface area contributed by atoms with Gasteiger partial charge in [-0.2, -0.15) is 0 Å². The van der Waals surface area contributed by atoms with Crippen molar-refractivity contribution in [3.8, 4) is 0 Å². The molecular formula is C15H8BrCl3O. The molecule has 0 amide bonds. The molecule has 20 heavy (non-hydrogen) atoms. The summed E-state index contributed by atoms with van der Waals surface area (Å²) < 4.78 is 0.907. The lowest BCUT2D eigenvalue weighted by Gasteiger charge is -2.04. The molecule has 0 heterocycles. The molecule has 0 aromatic heterocycles. The Morgan fingerprint density at radius 2 is 1.70 bits per heavy atom. The van der Waals surface area contributed by atoms with Gasteiger partial charge in [-0.15, -0.1) is 0 Å². The van der Waals surface area contributed by atoms with Gasteiger partial charge < -0.3 is 0 Å². The van der Waals surface area contributed by atoms with E-state index in [0.717, 1.165) is 10.0 Å². The third-order valence-electron chi connectivity index (χ3n) is 2.62. The number of benzene rings is 2. The fourth-order valence-electron chi connectivity index (χ4n) is 1.58. The Bertz CT molecular complexity index is 696. The third kappa shape index (κ3) is 3.44. The van der Waals surface area contributed by atoms with Crippen LogP contribution in [0.4, 0.5) is 0 Å². The van der Waals surface area contributed by atoms with E-state index >= 15 is 0 Å². The highest BCUT2D eigenvalue weighted by atomic mass is 79.9. The van der Waals surface area contributed by atoms with Gasteiger partial charge in [0.2, 0.25) is 0 Å². The van der Waals surface area contributed by atoms with Crippen LogP contribution in [-0.2, 0) is 0 Å². The Hall–Kier alpha value is -0.800. The minimum Gasteiger partial charge on any atom is -0.289 e. The molecule has 2 rings (SSSR count). The fraction of sp³-hybridized carbons (Fsp3) is 0. The first-order chi connectivity index (χ1) is 9.50. The zero-order valence-electron chi connectivity index (χ0n) is 10.0. The first-order valence-electron chi connectivity index (χ1n) is 5.61. The van der Waals surface area contributed by atoms with Gasteiger partial charge in [0.1, 0.15) is 0 Å². The van der Waals surface area contributed by atoms with Crippen molar-refractivity contribution in [2.75, 3.05) is 0 Å². The Kier molecular flexibility index (Phi) is 5.28. The van der Waals surface area contributed by atoms with Crippen molar-refractivity contribution in [2.24, 2.45) is 0 Å². The van der Waals surface area contributed by atoms with E-state index in [1.54, 1.807) is 18.2 Å². The molecule has 0 N–H and O–H groups in total. The molecule has 0 aliphatic carbocycles. The van der Waals surface area contributed by atoms with Crippen molar-refractivity contribution in [1.82, 2.24) is 0 Å². The van der Waals surface area contributed by atoms with E-state index in [4.69, 9.17) is 34.8 Å². The fourth-order valence-corrected chi connectivity index (χ4v) is 2.63. The predicted molar refractivity (Wildman–Crippen MR) is 89.0 cm³/mol. The smallest absolute Gasteiger partial charge is 0.187 e. The van der Waals surface area contributed by atoms with Crippen molar-refractivity contribution >= 4 is 62.6 Å². The average Bonchev–Trinajstić information content (AvgIpc) is 2.44. The van der Waals surface area contributed by atoms with Gasteiger partial charge in [0.15, 0.2) is 5.78 Å². The molecule has 0 saturated carbocycles. The molecule has 0 aliphatic heterocycles. The van der Waals surface area contributed by atoms with Crippen LogP contribution in [0.15, 0.2) is 46.9 Å². The number of carbonyl (C=O) groups is 1. The van der Waals surface area contributed by atoms with Gasteiger partial charge in [-0.25, -0.2) is 0 Å². The lowest BCUT2D eigenvalue weighted by atomic mass is 10.1. The first kappa shape index (κ1) is 15.6. The van der Waals surface area contributed by atoms with Crippen molar-refractivity contribution < 1.29 is 4.79 Å². The van der Waals surface area contributed by atoms with Gasteiger partial charge in [-0.3, -0.25) is 4.79 Å². The Morgan fingerprint density at radius 1 is 1.00 bits per heavy atom. The minimum absolute atomic E-state index is 0.168. The number of allylic oxidation sites excluding steroid dienone is 1. The molecule has 5 heteroatoms. The summed E-state index contributed by atoms with van der Waals surface area (Å²) in [7, 11) is 0. The van der Waals surface area contributed by atoms with Crippen LogP contribution in [0.3, 0.4) is 0 Å². The van der Waals surface area contributed by atoms with E-state index in [2.05, 4.69) is 15.9 Å². The second kappa shape index (κ2) is 6.77. The molecule has 0 atom stereocenters. The van der Waals surface area contributed by atoms with Gasteiger partial charge in [-0.05, 0) is 35.9 Å². The minimum atomic E-state index is -0.232. The molecule has 1 nitrogen and oxygen atoms in total. The highest BCUT2D eigenvalue weighted by molar-refractivity contribution is 9.10. The van der Waals surface area contributed by atoms with Crippen LogP contribution in [0, 0.1) is 0 Å². The maximum Gasteiger partial charge on any atom is 0.187 e. The summed E-state index contributed by atoms with van der Waals surface area (Å²) in [5, 5.41) is 0.678. The Morgan fingerprint density at radius 3 is 2.40 bits per heavy atom. The molecule has 0 saturated heterocycles. The van der Waals surface area contributed by atoms with Crippen molar-refractivity contribution in [3.63, 3.8) is 0 Å². The summed E-state index contributed by atoms with van der Waals surface area (Å²) in [5.41, 5.74) is 1.22. The van der Waals surface area contributed by atoms with Gasteiger partial charge in [-0.1, -0.05) is 68.9 Å². The summed E-state index contributed by atoms with van der Waals surface area (Å²) in [4.78, 5) is 12.1. The Labute approximate surface area is 140 Å². The zero-order valence-corrected chi connectivity index (χ0v) is 13.9. The van der Waals surface area contributed by atoms with Crippen LogP contribution in [0.5, 0.6) is 0 Å². The predicted octanol–water partition coefficient (Wildman–Crippen LogP) is 6.31. The third-order valence-corrected chi connectivity index (χ3v) is 4.64. The molecule has 0 bridgehead atoms. The molecule has 2 aromatic rings. The largest absolute Gasteiger partial charge is 0.289 e. The molecule has 102 valence electrons. The number of hydrogen-bond acceptors (Lipinski definition) is 1. The normalized spacial score (nSPS) is 11.0. The van der Waals surface area contributed by atoms with E-state index in [9.17, 15) is 4.79 Å². The molecule has 0 aliphatic rings. The second-order valence-electron chi connectivity index (χ2n) is 3.94. The summed E-state index contributed by atoms with van der Waals surface area (Å²) in [6.07, 6.45) is 3.16. The van der Waals surface area contributed by atoms with E-state index in [-0.39, 0.29) is 15.8 Å². The van der Waals surface area contributed by atoms with Crippen LogP contribution >= 0.6 is 50.7 Å². The maximum absolute atomic E-state index is 12.1. The van der Waals surface area contributed by atoms with Crippen molar-refractivity contribution in [3.05, 3.63) is 73.1 Å². The van der Waals surface area contributed by atoms with Crippen molar-refractivity contribution in [2.45, 2.75) is 0 Å². The van der Waals surface area contributed by atoms with Crippen LogP contribution < -0.4 is 0 Å². The number of hydrogen-bond donors (Lipinski definition) is 0. The molecule has 0 unspecified atom stereocenters. The SMILES string of the molecule is O=C(/C=C/c1ccccc1Br)c1ccc(Cl)c(Cl)c1Cl. The molecule has 0 radical (unpaired) electrons. The van der Waals surface area contributed by atoms with E-state index in [1.807, 2.05) is 24.3 Å². The average molecular weight is 390 g/mol. The number of rotatable bonds is 3. The first-order valence-corrected chi connectivity index (χ1v) is 7.54. The Balaban J connectivity index is 2.30. The van der Waals surface area contributed by atoms with E-state index in [1.165, 1.54) is 6.08 Å². The highest BCUT2D eigenvalue weighted by Crippen LogP contribution is 2.33. The standard InChI is InChI=1S/C15H8BrCl3O/c16-11-4-2-1-3-9(11)5-8-13(20)10-6-7-12(17)15(19)14(10)18/h1-8H/b8-5+. The summed E-state index contributed by atoms with van der Waals surface area (Å²) in [6.45, 7) is 0. The number of ketones is 1.